The summed E-state index contributed by atoms with van der Waals surface area (Å²) in [7, 11) is 0. The van der Waals surface area contributed by atoms with E-state index in [2.05, 4.69) is 116 Å². The van der Waals surface area contributed by atoms with Crippen molar-refractivity contribution < 1.29 is 141 Å². The second kappa shape index (κ2) is 60.9. The average molecular weight is 1960 g/mol. The number of para-hydroxylation sites is 1. The van der Waals surface area contributed by atoms with E-state index in [1.807, 2.05) is 0 Å². The number of primary amides is 1. The molecular formula is C83H121N27O29. The van der Waals surface area contributed by atoms with E-state index < -0.39 is 326 Å². The normalized spacial score (nSPS) is 14.4. The van der Waals surface area contributed by atoms with Crippen molar-refractivity contribution in [1.82, 2.24) is 121 Å². The van der Waals surface area contributed by atoms with Gasteiger partial charge in [-0.25, -0.2) is 9.78 Å². The Morgan fingerprint density at radius 3 is 1.26 bits per heavy atom. The number of carboxylic acid groups (broad SMARTS) is 2. The highest BCUT2D eigenvalue weighted by Crippen LogP contribution is 2.23. The van der Waals surface area contributed by atoms with Gasteiger partial charge >= 0.3 is 11.9 Å². The maximum absolute atomic E-state index is 15.0. The Balaban J connectivity index is 1.12. The Labute approximate surface area is 792 Å². The second-order valence-corrected chi connectivity index (χ2v) is 31.5. The fraction of sp³-hybridized carbons (Fsp3) is 0.518. The van der Waals surface area contributed by atoms with E-state index in [4.69, 9.17) is 22.9 Å². The van der Waals surface area contributed by atoms with Crippen LogP contribution in [0.4, 0.5) is 0 Å². The van der Waals surface area contributed by atoms with Crippen LogP contribution < -0.4 is 124 Å². The highest BCUT2D eigenvalue weighted by Gasteiger charge is 2.42. The third kappa shape index (κ3) is 41.9. The Morgan fingerprint density at radius 2 is 0.791 bits per heavy atom. The van der Waals surface area contributed by atoms with Gasteiger partial charge in [0.15, 0.2) is 0 Å². The Morgan fingerprint density at radius 1 is 0.396 bits per heavy atom. The summed E-state index contributed by atoms with van der Waals surface area (Å²) < 4.78 is 0. The van der Waals surface area contributed by atoms with Crippen molar-refractivity contribution in [3.8, 4) is 0 Å². The number of fused-ring (bicyclic) bond motifs is 1. The van der Waals surface area contributed by atoms with Gasteiger partial charge in [-0.2, -0.15) is 0 Å². The third-order valence-corrected chi connectivity index (χ3v) is 20.8. The number of benzene rings is 2. The van der Waals surface area contributed by atoms with Crippen molar-refractivity contribution in [3.05, 3.63) is 90.1 Å². The lowest BCUT2D eigenvalue weighted by Crippen LogP contribution is -2.61. The summed E-state index contributed by atoms with van der Waals surface area (Å²) in [5, 5.41) is 104. The molecule has 0 aliphatic carbocycles. The van der Waals surface area contributed by atoms with Crippen molar-refractivity contribution >= 4 is 147 Å². The van der Waals surface area contributed by atoms with Crippen LogP contribution in [0.3, 0.4) is 0 Å². The number of imidazole rings is 1. The van der Waals surface area contributed by atoms with Crippen LogP contribution in [-0.4, -0.2) is 364 Å². The highest BCUT2D eigenvalue weighted by molar-refractivity contribution is 6.02. The average Bonchev–Trinajstić information content (AvgIpc) is 1.71. The lowest BCUT2D eigenvalue weighted by Gasteiger charge is -2.31. The summed E-state index contributed by atoms with van der Waals surface area (Å²) >= 11 is 0. The van der Waals surface area contributed by atoms with E-state index in [-0.39, 0.29) is 57.3 Å². The Bertz CT molecular complexity index is 4910. The lowest BCUT2D eigenvalue weighted by atomic mass is 10.0. The molecule has 0 radical (unpaired) electrons. The number of rotatable bonds is 64. The lowest BCUT2D eigenvalue weighted by molar-refractivity contribution is -0.143. The molecule has 762 valence electrons. The molecule has 1 fully saturated rings. The molecule has 5 rings (SSSR count). The molecule has 4 aromatic rings. The van der Waals surface area contributed by atoms with Gasteiger partial charge in [-0.1, -0.05) is 55.0 Å². The number of likely N-dealkylation sites (tertiary alicyclic amines) is 1. The fourth-order valence-corrected chi connectivity index (χ4v) is 13.3. The molecule has 2 aromatic carbocycles. The largest absolute Gasteiger partial charge is 0.481 e. The van der Waals surface area contributed by atoms with E-state index >= 15 is 0 Å². The number of nitrogens with zero attached hydrogens (tertiary/aromatic N) is 2. The standard InChI is InChI=1S/C83H121N27O29/c84-22-8-6-14-48(86)72(127)96-33-65(119)90-30-62(116)93-36-68(122)100-56(39-111)73(128)97-34-66(120)91-31-63(117)94-37-69(123)101-57(40-112)74(129)98-35-67(121)92-32-64(118)95-38-70(124)102-58(41-113)79(134)107-54(26-45-28-89-49-15-5-4-13-47(45)49)78(133)109-59(42-114)80(135)108-55(27-46-29-88-43-99-46)82(137)110-24-10-17-60(110)81(136)104-50(18-20-61(87)115)76(131)106-53(25-44-11-2-1-3-12-44)77(132)103-51(19-21-71(125)126)75(130)105-52(83(138)139)16-7-9-23-85/h1-5,11-13,15,28-29,43,48,50-60,89,111-114H,6-10,14,16-27,30-42,84-86H2,(H2,87,115)(H,88,99)(H,90,119)(H,91,120)(H,92,121)(H,93,116)(H,94,117)(H,95,118)(H,96,127)(H,97,128)(H,98,129)(H,100,122)(H,101,123)(H,102,124)(H,103,132)(H,104,136)(H,105,130)(H,106,131)(H,107,134)(H,108,135)(H,109,133)(H,125,126)(H,138,139)/t48-,50-,51-,52-,53-,54-,55-,56-,57-,58-,59-,60-/m0/s1. The van der Waals surface area contributed by atoms with E-state index in [1.165, 1.54) is 18.7 Å². The van der Waals surface area contributed by atoms with Crippen LogP contribution in [0.25, 0.3) is 10.9 Å². The number of carboxylic acids is 2. The summed E-state index contributed by atoms with van der Waals surface area (Å²) in [5.41, 5.74) is 23.8. The number of carbonyl (C=O) groups excluding carboxylic acids is 21. The molecular weight excluding hydrogens is 1840 g/mol. The molecule has 0 spiro atoms. The smallest absolute Gasteiger partial charge is 0.326 e. The molecule has 1 aliphatic heterocycles. The van der Waals surface area contributed by atoms with Gasteiger partial charge in [-0.15, -0.1) is 0 Å². The van der Waals surface area contributed by atoms with Crippen LogP contribution in [0, 0.1) is 0 Å². The van der Waals surface area contributed by atoms with Gasteiger partial charge in [0.1, 0.15) is 66.5 Å². The van der Waals surface area contributed by atoms with Gasteiger partial charge in [0.2, 0.25) is 124 Å². The monoisotopic (exact) mass is 1960 g/mol. The molecule has 1 aliphatic rings. The van der Waals surface area contributed by atoms with Gasteiger partial charge in [-0.05, 0) is 88.1 Å². The van der Waals surface area contributed by atoms with Gasteiger partial charge in [-0.3, -0.25) is 105 Å². The molecule has 56 nitrogen and oxygen atoms in total. The van der Waals surface area contributed by atoms with Gasteiger partial charge in [0.05, 0.1) is 103 Å². The number of unbranched alkanes of at least 4 members (excludes halogenated alkanes) is 2. The summed E-state index contributed by atoms with van der Waals surface area (Å²) in [6.45, 7) is -10.7. The first-order valence-corrected chi connectivity index (χ1v) is 43.9. The minimum absolute atomic E-state index is 0.0618. The van der Waals surface area contributed by atoms with E-state index in [1.54, 1.807) is 54.6 Å². The van der Waals surface area contributed by atoms with Gasteiger partial charge < -0.3 is 169 Å². The molecule has 0 unspecified atom stereocenters. The second-order valence-electron chi connectivity index (χ2n) is 31.5. The number of nitrogens with one attached hydrogen (secondary N) is 21. The summed E-state index contributed by atoms with van der Waals surface area (Å²) in [6.07, 6.45) is 3.08. The number of H-pyrrole nitrogens is 2. The van der Waals surface area contributed by atoms with Crippen molar-refractivity contribution in [2.75, 3.05) is 105 Å². The number of aliphatic hydroxyl groups excluding tert-OH is 4. The van der Waals surface area contributed by atoms with Crippen LogP contribution in [0.5, 0.6) is 0 Å². The minimum Gasteiger partial charge on any atom is -0.481 e. The molecule has 2 aromatic heterocycles. The number of aliphatic carboxylic acids is 2. The van der Waals surface area contributed by atoms with E-state index in [9.17, 15) is 141 Å². The Hall–Kier alpha value is -15.3. The van der Waals surface area contributed by atoms with Crippen molar-refractivity contribution in [3.63, 3.8) is 0 Å². The number of carbonyl (C=O) groups is 23. The molecule has 1 saturated heterocycles. The molecule has 0 saturated carbocycles. The first kappa shape index (κ1) is 114. The predicted octanol–water partition coefficient (Wildman–Crippen LogP) is -15.4. The van der Waals surface area contributed by atoms with Crippen molar-refractivity contribution in [1.29, 1.82) is 0 Å². The van der Waals surface area contributed by atoms with Gasteiger partial charge in [0.25, 0.3) is 0 Å². The molecule has 3 heterocycles. The van der Waals surface area contributed by atoms with Gasteiger partial charge in [0, 0.05) is 61.9 Å². The van der Waals surface area contributed by atoms with E-state index in [0.717, 1.165) is 4.90 Å². The highest BCUT2D eigenvalue weighted by atomic mass is 16.4. The number of amides is 21. The van der Waals surface area contributed by atoms with Crippen LogP contribution in [0.15, 0.2) is 73.3 Å². The molecule has 56 heteroatoms. The molecule has 0 bridgehead atoms. The topological polar surface area (TPSA) is 894 Å². The molecule has 12 atom stereocenters. The van der Waals surface area contributed by atoms with Crippen LogP contribution in [0.1, 0.15) is 93.9 Å². The number of nitrogens with two attached hydrogens (primary N) is 4. The predicted molar refractivity (Wildman–Crippen MR) is 481 cm³/mol. The zero-order valence-electron chi connectivity index (χ0n) is 75.6. The van der Waals surface area contributed by atoms with Crippen LogP contribution in [-0.2, 0) is 130 Å². The zero-order valence-corrected chi connectivity index (χ0v) is 75.6. The van der Waals surface area contributed by atoms with Crippen molar-refractivity contribution in [2.45, 2.75) is 169 Å². The maximum Gasteiger partial charge on any atom is 0.326 e. The van der Waals surface area contributed by atoms with Crippen LogP contribution >= 0.6 is 0 Å². The number of aliphatic hydroxyl groups is 4. The maximum atomic E-state index is 15.0. The number of aromatic nitrogens is 3. The summed E-state index contributed by atoms with van der Waals surface area (Å²) in [4.78, 5) is 313. The minimum atomic E-state index is -1.94. The number of hydrogen-bond acceptors (Lipinski definition) is 31. The van der Waals surface area contributed by atoms with Crippen LogP contribution in [0.2, 0.25) is 0 Å². The first-order valence-electron chi connectivity index (χ1n) is 43.9. The fourth-order valence-electron chi connectivity index (χ4n) is 13.3. The quantitative estimate of drug-likeness (QED) is 0.0183. The van der Waals surface area contributed by atoms with E-state index in [0.29, 0.717) is 54.3 Å². The molecule has 21 amide bonds. The number of hydrogen-bond donors (Lipinski definition) is 31. The zero-order chi connectivity index (χ0) is 103. The third-order valence-electron chi connectivity index (χ3n) is 20.8. The Kier molecular flexibility index (Phi) is 50.1. The molecule has 35 N–H and O–H groups in total. The summed E-state index contributed by atoms with van der Waals surface area (Å²) in [6, 6.07) is -4.57. The molecule has 139 heavy (non-hydrogen) atoms. The summed E-state index contributed by atoms with van der Waals surface area (Å²) in [5.74, 6) is -24.0. The first-order chi connectivity index (χ1) is 66.3. The van der Waals surface area contributed by atoms with Crippen molar-refractivity contribution in [2.24, 2.45) is 22.9 Å². The number of aromatic amines is 2. The SMILES string of the molecule is NCCCC[C@H](NC(=O)[C@H](CCC(=O)O)NC(=O)[C@H](Cc1ccccc1)NC(=O)[C@H](CCC(N)=O)NC(=O)[C@@H]1CCCN1C(=O)[C@H](Cc1c[nH]cn1)NC(=O)[C@H](CO)NC(=O)[C@H](Cc1c[nH]c2ccccc12)NC(=O)[C@H](CO)NC(=O)CNC(=O)CNC(=O)CNC(=O)[C@H](CO)NC(=O)CNC(=O)CNC(=O)CNC(=O)[C@H](CO)NC(=O)CNC(=O)CNC(=O)CNC(=O)[C@@H](N)CCCCN)C(=O)O.